The maximum Gasteiger partial charge on any atom is 0.387 e. The number of para-hydroxylation sites is 1. The van der Waals surface area contributed by atoms with Crippen LogP contribution in [0.3, 0.4) is 0 Å². The van der Waals surface area contributed by atoms with Gasteiger partial charge in [0.1, 0.15) is 5.75 Å². The molecule has 1 heterocycles. The second-order valence-electron chi connectivity index (χ2n) is 3.53. The Morgan fingerprint density at radius 1 is 1.28 bits per heavy atom. The molecule has 0 saturated heterocycles. The van der Waals surface area contributed by atoms with Crippen molar-refractivity contribution in [2.45, 2.75) is 6.61 Å². The molecule has 0 atom stereocenters. The van der Waals surface area contributed by atoms with Gasteiger partial charge in [-0.15, -0.1) is 10.2 Å². The van der Waals surface area contributed by atoms with Gasteiger partial charge >= 0.3 is 6.61 Å². The zero-order valence-electron chi connectivity index (χ0n) is 9.89. The van der Waals surface area contributed by atoms with Crippen molar-refractivity contribution in [2.24, 2.45) is 7.05 Å². The fourth-order valence-corrected chi connectivity index (χ4v) is 1.63. The Balaban J connectivity index is 2.46. The van der Waals surface area contributed by atoms with E-state index in [-0.39, 0.29) is 5.75 Å². The number of ether oxygens (including phenoxy) is 1. The second kappa shape index (κ2) is 4.99. The topological polar surface area (TPSA) is 52.0 Å². The van der Waals surface area contributed by atoms with Crippen molar-refractivity contribution in [2.75, 3.05) is 12.4 Å². The molecule has 0 spiro atoms. The fraction of sp³-hybridized carbons (Fsp3) is 0.273. The van der Waals surface area contributed by atoms with Crippen molar-refractivity contribution in [1.29, 1.82) is 0 Å². The quantitative estimate of drug-likeness (QED) is 0.908. The normalized spacial score (nSPS) is 10.7. The molecular formula is C11H12F2N4O. The molecule has 7 heteroatoms. The van der Waals surface area contributed by atoms with E-state index < -0.39 is 6.61 Å². The lowest BCUT2D eigenvalue weighted by Crippen LogP contribution is -2.05. The zero-order valence-corrected chi connectivity index (χ0v) is 9.89. The number of aromatic nitrogens is 3. The summed E-state index contributed by atoms with van der Waals surface area (Å²) >= 11 is 0. The van der Waals surface area contributed by atoms with Crippen molar-refractivity contribution >= 4 is 5.95 Å². The van der Waals surface area contributed by atoms with E-state index >= 15 is 0 Å². The molecule has 96 valence electrons. The SMILES string of the molecule is CNc1nnc(-c2ccccc2OC(F)F)n1C. The summed E-state index contributed by atoms with van der Waals surface area (Å²) in [7, 11) is 3.44. The molecule has 0 fully saturated rings. The van der Waals surface area contributed by atoms with E-state index in [0.717, 1.165) is 0 Å². The van der Waals surface area contributed by atoms with Crippen LogP contribution in [0.1, 0.15) is 0 Å². The average Bonchev–Trinajstić information content (AvgIpc) is 2.70. The Morgan fingerprint density at radius 3 is 2.61 bits per heavy atom. The van der Waals surface area contributed by atoms with Gasteiger partial charge in [-0.1, -0.05) is 12.1 Å². The lowest BCUT2D eigenvalue weighted by Gasteiger charge is -2.10. The number of alkyl halides is 2. The van der Waals surface area contributed by atoms with Gasteiger partial charge in [-0.25, -0.2) is 0 Å². The van der Waals surface area contributed by atoms with Crippen LogP contribution in [0.15, 0.2) is 24.3 Å². The van der Waals surface area contributed by atoms with Gasteiger partial charge in [0.2, 0.25) is 5.95 Å². The summed E-state index contributed by atoms with van der Waals surface area (Å²) in [5.41, 5.74) is 0.467. The van der Waals surface area contributed by atoms with Gasteiger partial charge in [0.05, 0.1) is 5.56 Å². The molecule has 0 aliphatic carbocycles. The van der Waals surface area contributed by atoms with Gasteiger partial charge in [0.15, 0.2) is 5.82 Å². The van der Waals surface area contributed by atoms with Crippen molar-refractivity contribution < 1.29 is 13.5 Å². The highest BCUT2D eigenvalue weighted by Gasteiger charge is 2.16. The zero-order chi connectivity index (χ0) is 13.1. The van der Waals surface area contributed by atoms with Crippen molar-refractivity contribution in [3.8, 4) is 17.1 Å². The highest BCUT2D eigenvalue weighted by atomic mass is 19.3. The molecule has 2 aromatic rings. The molecule has 2 rings (SSSR count). The van der Waals surface area contributed by atoms with E-state index in [1.807, 2.05) is 0 Å². The molecule has 0 bridgehead atoms. The number of hydrogen-bond acceptors (Lipinski definition) is 4. The number of anilines is 1. The first-order valence-electron chi connectivity index (χ1n) is 5.25. The minimum Gasteiger partial charge on any atom is -0.434 e. The minimum absolute atomic E-state index is 0.0747. The fourth-order valence-electron chi connectivity index (χ4n) is 1.63. The molecule has 0 amide bonds. The summed E-state index contributed by atoms with van der Waals surface area (Å²) in [5.74, 6) is 1.07. The molecular weight excluding hydrogens is 242 g/mol. The standard InChI is InChI=1S/C11H12F2N4O/c1-14-11-16-15-9(17(11)2)7-5-3-4-6-8(7)18-10(12)13/h3-6,10H,1-2H3,(H,14,16). The van der Waals surface area contributed by atoms with Crippen LogP contribution in [-0.2, 0) is 7.05 Å². The van der Waals surface area contributed by atoms with Crippen LogP contribution >= 0.6 is 0 Å². The first-order valence-corrected chi connectivity index (χ1v) is 5.25. The largest absolute Gasteiger partial charge is 0.434 e. The predicted molar refractivity (Wildman–Crippen MR) is 62.6 cm³/mol. The first-order chi connectivity index (χ1) is 8.63. The number of halogens is 2. The van der Waals surface area contributed by atoms with E-state index in [1.54, 1.807) is 36.9 Å². The monoisotopic (exact) mass is 254 g/mol. The molecule has 0 aliphatic heterocycles. The molecule has 5 nitrogen and oxygen atoms in total. The van der Waals surface area contributed by atoms with E-state index in [0.29, 0.717) is 17.3 Å². The molecule has 0 saturated carbocycles. The predicted octanol–water partition coefficient (Wildman–Crippen LogP) is 2.13. The molecule has 0 unspecified atom stereocenters. The van der Waals surface area contributed by atoms with Crippen LogP contribution in [0.5, 0.6) is 5.75 Å². The highest BCUT2D eigenvalue weighted by Crippen LogP contribution is 2.30. The van der Waals surface area contributed by atoms with Crippen molar-refractivity contribution in [1.82, 2.24) is 14.8 Å². The second-order valence-corrected chi connectivity index (χ2v) is 3.53. The maximum atomic E-state index is 12.3. The lowest BCUT2D eigenvalue weighted by atomic mass is 10.2. The number of rotatable bonds is 4. The number of hydrogen-bond donors (Lipinski definition) is 1. The maximum absolute atomic E-state index is 12.3. The summed E-state index contributed by atoms with van der Waals surface area (Å²) in [6.07, 6.45) is 0. The van der Waals surface area contributed by atoms with Gasteiger partial charge in [0.25, 0.3) is 0 Å². The molecule has 1 N–H and O–H groups in total. The Morgan fingerprint density at radius 2 is 2.00 bits per heavy atom. The van der Waals surface area contributed by atoms with Gasteiger partial charge in [-0.05, 0) is 12.1 Å². The van der Waals surface area contributed by atoms with E-state index in [9.17, 15) is 8.78 Å². The van der Waals surface area contributed by atoms with Crippen LogP contribution in [0.2, 0.25) is 0 Å². The third-order valence-electron chi connectivity index (χ3n) is 2.44. The number of nitrogens with one attached hydrogen (secondary N) is 1. The van der Waals surface area contributed by atoms with Crippen molar-refractivity contribution in [3.63, 3.8) is 0 Å². The molecule has 0 radical (unpaired) electrons. The minimum atomic E-state index is -2.87. The third kappa shape index (κ3) is 2.24. The van der Waals surface area contributed by atoms with Gasteiger partial charge in [0, 0.05) is 14.1 Å². The van der Waals surface area contributed by atoms with Gasteiger partial charge < -0.3 is 10.1 Å². The Hall–Kier alpha value is -2.18. The average molecular weight is 254 g/mol. The Labute approximate surface area is 102 Å². The third-order valence-corrected chi connectivity index (χ3v) is 2.44. The van der Waals surface area contributed by atoms with Crippen LogP contribution in [0.25, 0.3) is 11.4 Å². The van der Waals surface area contributed by atoms with E-state index in [1.165, 1.54) is 6.07 Å². The number of benzene rings is 1. The van der Waals surface area contributed by atoms with Crippen LogP contribution in [0, 0.1) is 0 Å². The molecule has 18 heavy (non-hydrogen) atoms. The van der Waals surface area contributed by atoms with Crippen LogP contribution < -0.4 is 10.1 Å². The lowest BCUT2D eigenvalue weighted by molar-refractivity contribution is -0.0494. The van der Waals surface area contributed by atoms with E-state index in [4.69, 9.17) is 0 Å². The summed E-state index contributed by atoms with van der Waals surface area (Å²) < 4.78 is 30.7. The Bertz CT molecular complexity index is 542. The van der Waals surface area contributed by atoms with Crippen LogP contribution in [0.4, 0.5) is 14.7 Å². The molecule has 0 aliphatic rings. The highest BCUT2D eigenvalue weighted by molar-refractivity contribution is 5.65. The van der Waals surface area contributed by atoms with Gasteiger partial charge in [-0.3, -0.25) is 4.57 Å². The van der Waals surface area contributed by atoms with E-state index in [2.05, 4.69) is 20.3 Å². The van der Waals surface area contributed by atoms with Crippen molar-refractivity contribution in [3.05, 3.63) is 24.3 Å². The summed E-state index contributed by atoms with van der Waals surface area (Å²) in [6, 6.07) is 6.47. The van der Waals surface area contributed by atoms with Crippen LogP contribution in [-0.4, -0.2) is 28.4 Å². The summed E-state index contributed by atoms with van der Waals surface area (Å²) in [6.45, 7) is -2.87. The summed E-state index contributed by atoms with van der Waals surface area (Å²) in [5, 5.41) is 10.7. The molecule has 1 aromatic carbocycles. The number of nitrogens with zero attached hydrogens (tertiary/aromatic N) is 3. The summed E-state index contributed by atoms with van der Waals surface area (Å²) in [4.78, 5) is 0. The first kappa shape index (κ1) is 12.3. The molecule has 1 aromatic heterocycles. The van der Waals surface area contributed by atoms with Gasteiger partial charge in [-0.2, -0.15) is 8.78 Å². The smallest absolute Gasteiger partial charge is 0.387 e. The Kier molecular flexibility index (Phi) is 3.40.